The molecule has 0 spiro atoms. The number of fused-ring (bicyclic) bond motifs is 3. The van der Waals surface area contributed by atoms with Crippen LogP contribution in [0.4, 0.5) is 13.2 Å². The van der Waals surface area contributed by atoms with Crippen LogP contribution in [0.15, 0.2) is 77.2 Å². The number of aliphatic hydroxyl groups is 2. The molecule has 10 heteroatoms. The Balaban J connectivity index is 1.71. The van der Waals surface area contributed by atoms with E-state index in [4.69, 9.17) is 0 Å². The van der Waals surface area contributed by atoms with E-state index in [1.165, 1.54) is 17.3 Å². The Hall–Kier alpha value is -2.95. The van der Waals surface area contributed by atoms with Gasteiger partial charge in [0.05, 0.1) is 12.7 Å². The summed E-state index contributed by atoms with van der Waals surface area (Å²) in [5.74, 6) is -0.991. The van der Waals surface area contributed by atoms with Crippen LogP contribution in [0.5, 0.6) is 0 Å². The van der Waals surface area contributed by atoms with Crippen molar-refractivity contribution in [3.8, 4) is 0 Å². The van der Waals surface area contributed by atoms with E-state index in [2.05, 4.69) is 0 Å². The summed E-state index contributed by atoms with van der Waals surface area (Å²) in [4.78, 5) is 14.9. The molecule has 3 aliphatic heterocycles. The first-order chi connectivity index (χ1) is 16.2. The predicted octanol–water partition coefficient (Wildman–Crippen LogP) is 4.31. The second-order valence-corrected chi connectivity index (χ2v) is 9.38. The van der Waals surface area contributed by atoms with Gasteiger partial charge in [-0.1, -0.05) is 42.5 Å². The van der Waals surface area contributed by atoms with Gasteiger partial charge in [-0.2, -0.15) is 18.2 Å². The van der Waals surface area contributed by atoms with E-state index < -0.39 is 36.0 Å². The fraction of sp³-hybridized carbons (Fsp3) is 0.292. The van der Waals surface area contributed by atoms with Crippen LogP contribution in [-0.4, -0.2) is 56.0 Å². The molecule has 1 amide bonds. The molecule has 1 unspecified atom stereocenters. The number of benzene rings is 2. The monoisotopic (exact) mass is 489 g/mol. The molecule has 0 aromatic heterocycles. The number of alkyl halides is 3. The molecule has 0 aliphatic carbocycles. The molecule has 3 heterocycles. The molecule has 0 radical (unpaired) electrons. The standard InChI is InChI=1S/C24H22F3N3O3S/c1-14(24(25,26)27)28-13-30(29-11-10-18(31)22(32)21(29)23(28)33)20-16-7-3-2-6-15(16)12-34-19-9-5-4-8-17(19)20/h2-11,14,18,20,31-32H,12-13H2,1H3/t14-,18?,20+/m1/s1. The van der Waals surface area contributed by atoms with Crippen LogP contribution in [0.2, 0.25) is 0 Å². The lowest BCUT2D eigenvalue weighted by molar-refractivity contribution is -0.204. The minimum Gasteiger partial charge on any atom is -0.507 e. The highest BCUT2D eigenvalue weighted by Crippen LogP contribution is 2.45. The molecular weight excluding hydrogens is 467 g/mol. The largest absolute Gasteiger partial charge is 0.507 e. The molecule has 0 saturated carbocycles. The number of amides is 1. The number of nitrogens with zero attached hydrogens (tertiary/aromatic N) is 3. The van der Waals surface area contributed by atoms with Crippen LogP contribution in [0.1, 0.15) is 29.7 Å². The van der Waals surface area contributed by atoms with E-state index in [0.717, 1.165) is 28.5 Å². The van der Waals surface area contributed by atoms with Crippen molar-refractivity contribution in [3.05, 3.63) is 89.0 Å². The number of rotatable bonds is 2. The van der Waals surface area contributed by atoms with Crippen molar-refractivity contribution in [1.82, 2.24) is 14.9 Å². The van der Waals surface area contributed by atoms with Gasteiger partial charge < -0.3 is 15.1 Å². The van der Waals surface area contributed by atoms with E-state index in [1.807, 2.05) is 48.5 Å². The van der Waals surface area contributed by atoms with E-state index in [-0.39, 0.29) is 12.4 Å². The van der Waals surface area contributed by atoms with Gasteiger partial charge in [0.25, 0.3) is 5.91 Å². The van der Waals surface area contributed by atoms with Gasteiger partial charge in [0.1, 0.15) is 12.1 Å². The Labute approximate surface area is 198 Å². The number of carbonyl (C=O) groups is 1. The average Bonchev–Trinajstić information content (AvgIpc) is 2.97. The van der Waals surface area contributed by atoms with Crippen molar-refractivity contribution in [3.63, 3.8) is 0 Å². The van der Waals surface area contributed by atoms with Gasteiger partial charge in [-0.25, -0.2) is 0 Å². The summed E-state index contributed by atoms with van der Waals surface area (Å²) in [5.41, 5.74) is 2.41. The Morgan fingerprint density at radius 2 is 1.76 bits per heavy atom. The van der Waals surface area contributed by atoms with E-state index >= 15 is 0 Å². The number of carbonyl (C=O) groups excluding carboxylic acids is 1. The molecule has 2 N–H and O–H groups in total. The van der Waals surface area contributed by atoms with Crippen molar-refractivity contribution >= 4 is 17.7 Å². The Morgan fingerprint density at radius 3 is 2.50 bits per heavy atom. The summed E-state index contributed by atoms with van der Waals surface area (Å²) in [6.07, 6.45) is -3.43. The van der Waals surface area contributed by atoms with Crippen LogP contribution in [-0.2, 0) is 10.5 Å². The van der Waals surface area contributed by atoms with Crippen molar-refractivity contribution in [2.75, 3.05) is 6.67 Å². The Bertz CT molecular complexity index is 1150. The fourth-order valence-corrected chi connectivity index (χ4v) is 5.62. The van der Waals surface area contributed by atoms with Gasteiger partial charge in [0.2, 0.25) is 0 Å². The third-order valence-electron chi connectivity index (χ3n) is 6.38. The molecule has 34 heavy (non-hydrogen) atoms. The normalized spacial score (nSPS) is 23.9. The van der Waals surface area contributed by atoms with Gasteiger partial charge in [0, 0.05) is 16.8 Å². The van der Waals surface area contributed by atoms with Crippen LogP contribution >= 0.6 is 11.8 Å². The molecule has 5 rings (SSSR count). The SMILES string of the molecule is C[C@@H](N1CN([C@H]2c3ccccc3CSc3ccccc32)N2C=CC(O)C(O)=C2C1=O)C(F)(F)F. The lowest BCUT2D eigenvalue weighted by atomic mass is 9.94. The first-order valence-corrected chi connectivity index (χ1v) is 11.7. The van der Waals surface area contributed by atoms with Crippen LogP contribution < -0.4 is 0 Å². The maximum absolute atomic E-state index is 13.7. The molecule has 0 bridgehead atoms. The van der Waals surface area contributed by atoms with Crippen molar-refractivity contribution < 1.29 is 28.2 Å². The topological polar surface area (TPSA) is 67.2 Å². The fourth-order valence-electron chi connectivity index (χ4n) is 4.53. The average molecular weight is 490 g/mol. The first-order valence-electron chi connectivity index (χ1n) is 10.7. The highest BCUT2D eigenvalue weighted by atomic mass is 32.2. The van der Waals surface area contributed by atoms with Crippen molar-refractivity contribution in [2.45, 2.75) is 41.9 Å². The first kappa shape index (κ1) is 22.8. The lowest BCUT2D eigenvalue weighted by Gasteiger charge is -2.50. The molecule has 2 aromatic rings. The summed E-state index contributed by atoms with van der Waals surface area (Å²) in [6, 6.07) is 12.7. The number of halogens is 3. The predicted molar refractivity (Wildman–Crippen MR) is 120 cm³/mol. The maximum Gasteiger partial charge on any atom is 0.408 e. The molecule has 2 aromatic carbocycles. The van der Waals surface area contributed by atoms with Crippen LogP contribution in [0.3, 0.4) is 0 Å². The molecule has 3 atom stereocenters. The number of thioether (sulfide) groups is 1. The Morgan fingerprint density at radius 1 is 1.09 bits per heavy atom. The summed E-state index contributed by atoms with van der Waals surface area (Å²) < 4.78 is 41.2. The number of hydrazine groups is 1. The van der Waals surface area contributed by atoms with Gasteiger partial charge in [-0.3, -0.25) is 9.80 Å². The summed E-state index contributed by atoms with van der Waals surface area (Å²) in [7, 11) is 0. The minimum absolute atomic E-state index is 0.366. The van der Waals surface area contributed by atoms with Gasteiger partial charge in [-0.15, -0.1) is 11.8 Å². The zero-order valence-electron chi connectivity index (χ0n) is 18.1. The summed E-state index contributed by atoms with van der Waals surface area (Å²) in [6.45, 7) is 0.554. The van der Waals surface area contributed by atoms with Gasteiger partial charge in [-0.05, 0) is 35.8 Å². The molecule has 3 aliphatic rings. The van der Waals surface area contributed by atoms with Crippen LogP contribution in [0, 0.1) is 0 Å². The second kappa shape index (κ2) is 8.37. The van der Waals surface area contributed by atoms with E-state index in [0.29, 0.717) is 10.7 Å². The highest BCUT2D eigenvalue weighted by molar-refractivity contribution is 7.98. The summed E-state index contributed by atoms with van der Waals surface area (Å²) >= 11 is 1.64. The summed E-state index contributed by atoms with van der Waals surface area (Å²) in [5, 5.41) is 23.7. The van der Waals surface area contributed by atoms with Crippen molar-refractivity contribution in [1.29, 1.82) is 0 Å². The van der Waals surface area contributed by atoms with Crippen molar-refractivity contribution in [2.24, 2.45) is 0 Å². The number of aliphatic hydroxyl groups excluding tert-OH is 2. The smallest absolute Gasteiger partial charge is 0.408 e. The van der Waals surface area contributed by atoms with Crippen LogP contribution in [0.25, 0.3) is 0 Å². The third kappa shape index (κ3) is 3.66. The molecular formula is C24H22F3N3O3S. The highest BCUT2D eigenvalue weighted by Gasteiger charge is 2.50. The Kier molecular flexibility index (Phi) is 5.62. The minimum atomic E-state index is -4.67. The third-order valence-corrected chi connectivity index (χ3v) is 7.52. The van der Waals surface area contributed by atoms with E-state index in [1.54, 1.807) is 16.8 Å². The second-order valence-electron chi connectivity index (χ2n) is 8.37. The van der Waals surface area contributed by atoms with Gasteiger partial charge in [0.15, 0.2) is 11.5 Å². The molecule has 6 nitrogen and oxygen atoms in total. The maximum atomic E-state index is 13.7. The number of hydrogen-bond donors (Lipinski definition) is 2. The zero-order valence-corrected chi connectivity index (χ0v) is 18.9. The quantitative estimate of drug-likeness (QED) is 0.656. The molecule has 1 saturated heterocycles. The molecule has 178 valence electrons. The number of hydrogen-bond acceptors (Lipinski definition) is 6. The lowest BCUT2D eigenvalue weighted by Crippen LogP contribution is -2.62. The zero-order chi connectivity index (χ0) is 24.2. The van der Waals surface area contributed by atoms with Gasteiger partial charge >= 0.3 is 6.18 Å². The van der Waals surface area contributed by atoms with E-state index in [9.17, 15) is 28.2 Å². The molecule has 1 fully saturated rings.